The zero-order valence-electron chi connectivity index (χ0n) is 13.2. The van der Waals surface area contributed by atoms with E-state index in [2.05, 4.69) is 25.3 Å². The predicted molar refractivity (Wildman–Crippen MR) is 80.6 cm³/mol. The molecule has 0 aromatic heterocycles. The quantitative estimate of drug-likeness (QED) is 0.362. The summed E-state index contributed by atoms with van der Waals surface area (Å²) >= 11 is 0. The van der Waals surface area contributed by atoms with Crippen molar-refractivity contribution in [3.05, 3.63) is 34.9 Å². The molecule has 0 radical (unpaired) electrons. The molecule has 4 heterocycles. The first-order valence-electron chi connectivity index (χ1n) is 8.06. The summed E-state index contributed by atoms with van der Waals surface area (Å²) in [6.45, 7) is 3.57. The number of hydrogen-bond acceptors (Lipinski definition) is 2. The van der Waals surface area contributed by atoms with Gasteiger partial charge in [0.05, 0.1) is 26.1 Å². The number of allylic oxidation sites excluding steroid dienone is 1. The molecular weight excluding hydrogens is 389 g/mol. The van der Waals surface area contributed by atoms with Crippen LogP contribution in [-0.2, 0) is 12.0 Å². The molecule has 1 unspecified atom stereocenters. The van der Waals surface area contributed by atoms with E-state index in [0.717, 1.165) is 35.4 Å². The highest BCUT2D eigenvalue weighted by Crippen LogP contribution is 2.61. The predicted octanol–water partition coefficient (Wildman–Crippen LogP) is -0.218. The standard InChI is InChI=1S/C18H22NO2.HI/c1-19-9-8-18-13(11-19)4-3-5-15(18)21-17-14(20-2)7-6-12(10-19)16(17)18;/h4,6-7,15H,3,5,8-11H2,1-2H3;1H/q+1;/p-1/t15-,18+,19?;/m0./s1. The van der Waals surface area contributed by atoms with Gasteiger partial charge < -0.3 is 37.9 Å². The molecule has 1 aromatic carbocycles. The summed E-state index contributed by atoms with van der Waals surface area (Å²) in [6, 6.07) is 4.38. The van der Waals surface area contributed by atoms with Crippen LogP contribution in [0, 0.1) is 0 Å². The van der Waals surface area contributed by atoms with Gasteiger partial charge in [-0.2, -0.15) is 0 Å². The van der Waals surface area contributed by atoms with Gasteiger partial charge in [0.1, 0.15) is 19.2 Å². The summed E-state index contributed by atoms with van der Waals surface area (Å²) in [7, 11) is 4.17. The zero-order valence-corrected chi connectivity index (χ0v) is 15.4. The number of ether oxygens (including phenoxy) is 2. The topological polar surface area (TPSA) is 18.5 Å². The summed E-state index contributed by atoms with van der Waals surface area (Å²) in [5.41, 5.74) is 4.75. The molecule has 6 rings (SSSR count). The lowest BCUT2D eigenvalue weighted by molar-refractivity contribution is -0.921. The molecule has 118 valence electrons. The van der Waals surface area contributed by atoms with E-state index in [1.54, 1.807) is 12.7 Å². The van der Waals surface area contributed by atoms with E-state index in [-0.39, 0.29) is 29.4 Å². The van der Waals surface area contributed by atoms with Crippen molar-refractivity contribution in [2.24, 2.45) is 0 Å². The molecule has 1 saturated heterocycles. The van der Waals surface area contributed by atoms with Crippen LogP contribution in [0.2, 0.25) is 0 Å². The van der Waals surface area contributed by atoms with Gasteiger partial charge in [0.2, 0.25) is 0 Å². The minimum absolute atomic E-state index is 0. The Kier molecular flexibility index (Phi) is 3.12. The maximum absolute atomic E-state index is 6.46. The molecule has 5 aliphatic rings. The fourth-order valence-corrected chi connectivity index (χ4v) is 5.31. The maximum atomic E-state index is 6.46. The molecule has 1 aliphatic carbocycles. The van der Waals surface area contributed by atoms with Crippen molar-refractivity contribution in [2.45, 2.75) is 37.3 Å². The smallest absolute Gasteiger partial charge is 0.166 e. The summed E-state index contributed by atoms with van der Waals surface area (Å²) in [5.74, 6) is 1.96. The summed E-state index contributed by atoms with van der Waals surface area (Å²) in [6.07, 6.45) is 6.37. The maximum Gasteiger partial charge on any atom is 0.166 e. The van der Waals surface area contributed by atoms with Crippen LogP contribution in [0.3, 0.4) is 0 Å². The zero-order chi connectivity index (χ0) is 14.2. The van der Waals surface area contributed by atoms with Gasteiger partial charge in [0.25, 0.3) is 0 Å². The minimum Gasteiger partial charge on any atom is -1.00 e. The lowest BCUT2D eigenvalue weighted by Crippen LogP contribution is -3.00. The van der Waals surface area contributed by atoms with E-state index in [1.807, 2.05) is 0 Å². The third-order valence-electron chi connectivity index (χ3n) is 6.23. The van der Waals surface area contributed by atoms with Crippen LogP contribution in [0.1, 0.15) is 30.4 Å². The van der Waals surface area contributed by atoms with E-state index in [0.29, 0.717) is 6.10 Å². The van der Waals surface area contributed by atoms with Gasteiger partial charge in [0, 0.05) is 17.5 Å². The van der Waals surface area contributed by atoms with Crippen LogP contribution in [0.25, 0.3) is 0 Å². The van der Waals surface area contributed by atoms with E-state index >= 15 is 0 Å². The number of benzene rings is 1. The molecule has 0 amide bonds. The van der Waals surface area contributed by atoms with E-state index in [1.165, 1.54) is 30.6 Å². The lowest BCUT2D eigenvalue weighted by atomic mass is 9.63. The van der Waals surface area contributed by atoms with Crippen molar-refractivity contribution in [1.29, 1.82) is 0 Å². The Morgan fingerprint density at radius 3 is 3.00 bits per heavy atom. The van der Waals surface area contributed by atoms with Gasteiger partial charge in [-0.05, 0) is 30.5 Å². The number of methoxy groups -OCH3 is 1. The molecule has 1 aromatic rings. The summed E-state index contributed by atoms with van der Waals surface area (Å²) in [4.78, 5) is 0. The lowest BCUT2D eigenvalue weighted by Gasteiger charge is -2.47. The van der Waals surface area contributed by atoms with Gasteiger partial charge >= 0.3 is 0 Å². The Morgan fingerprint density at radius 2 is 2.18 bits per heavy atom. The van der Waals surface area contributed by atoms with Crippen LogP contribution < -0.4 is 33.5 Å². The van der Waals surface area contributed by atoms with Gasteiger partial charge in [-0.15, -0.1) is 0 Å². The van der Waals surface area contributed by atoms with Crippen LogP contribution in [0.15, 0.2) is 23.8 Å². The van der Waals surface area contributed by atoms with E-state index in [4.69, 9.17) is 9.47 Å². The van der Waals surface area contributed by atoms with Gasteiger partial charge in [-0.1, -0.05) is 6.08 Å². The van der Waals surface area contributed by atoms with Crippen LogP contribution >= 0.6 is 0 Å². The summed E-state index contributed by atoms with van der Waals surface area (Å²) < 4.78 is 13.2. The monoisotopic (exact) mass is 411 g/mol. The molecule has 4 aliphatic heterocycles. The second-order valence-corrected chi connectivity index (χ2v) is 7.42. The Labute approximate surface area is 148 Å². The third-order valence-corrected chi connectivity index (χ3v) is 6.23. The molecule has 1 spiro atoms. The van der Waals surface area contributed by atoms with Crippen molar-refractivity contribution in [1.82, 2.24) is 0 Å². The molecule has 2 bridgehead atoms. The van der Waals surface area contributed by atoms with Crippen LogP contribution in [0.5, 0.6) is 11.5 Å². The number of fused-ring (bicyclic) bond motifs is 1. The molecular formula is C18H22INO2. The number of halogens is 1. The van der Waals surface area contributed by atoms with Crippen molar-refractivity contribution in [3.63, 3.8) is 0 Å². The largest absolute Gasteiger partial charge is 1.00 e. The summed E-state index contributed by atoms with van der Waals surface area (Å²) in [5, 5.41) is 0. The van der Waals surface area contributed by atoms with Gasteiger partial charge in [0.15, 0.2) is 11.5 Å². The highest BCUT2D eigenvalue weighted by Gasteiger charge is 2.60. The average Bonchev–Trinajstić information content (AvgIpc) is 2.69. The fourth-order valence-electron chi connectivity index (χ4n) is 5.31. The third kappa shape index (κ3) is 1.60. The molecule has 0 N–H and O–H groups in total. The van der Waals surface area contributed by atoms with Crippen molar-refractivity contribution in [2.75, 3.05) is 27.2 Å². The molecule has 1 fully saturated rings. The second-order valence-electron chi connectivity index (χ2n) is 7.42. The van der Waals surface area contributed by atoms with Gasteiger partial charge in [-0.25, -0.2) is 0 Å². The molecule has 22 heavy (non-hydrogen) atoms. The van der Waals surface area contributed by atoms with Gasteiger partial charge in [-0.3, -0.25) is 0 Å². The highest BCUT2D eigenvalue weighted by molar-refractivity contribution is 5.62. The average molecular weight is 411 g/mol. The van der Waals surface area contributed by atoms with Crippen LogP contribution in [0.4, 0.5) is 0 Å². The SMILES string of the molecule is COc1ccc2c3c1O[C@H]1CCC=C4C[N+](C)(CC[C@]431)C2.[I-]. The molecule has 3 atom stereocenters. The number of piperidine rings is 1. The number of likely N-dealkylation sites (N-methyl/N-ethyl adjacent to an activating group) is 1. The fraction of sp³-hybridized carbons (Fsp3) is 0.556. The number of rotatable bonds is 1. The first-order valence-corrected chi connectivity index (χ1v) is 8.06. The van der Waals surface area contributed by atoms with Crippen molar-refractivity contribution < 1.29 is 37.9 Å². The number of nitrogens with zero attached hydrogens (tertiary/aromatic N) is 1. The Morgan fingerprint density at radius 1 is 1.32 bits per heavy atom. The Bertz CT molecular complexity index is 686. The molecule has 3 nitrogen and oxygen atoms in total. The normalized spacial score (nSPS) is 36.6. The first-order chi connectivity index (χ1) is 10.2. The molecule has 0 saturated carbocycles. The van der Waals surface area contributed by atoms with Crippen LogP contribution in [-0.4, -0.2) is 37.8 Å². The number of hydrogen-bond donors (Lipinski definition) is 0. The van der Waals surface area contributed by atoms with E-state index in [9.17, 15) is 0 Å². The van der Waals surface area contributed by atoms with Crippen molar-refractivity contribution in [3.8, 4) is 11.5 Å². The minimum atomic E-state index is 0. The van der Waals surface area contributed by atoms with E-state index < -0.39 is 0 Å². The second kappa shape index (κ2) is 4.63. The Balaban J connectivity index is 0.00000125. The highest BCUT2D eigenvalue weighted by atomic mass is 127. The number of quaternary nitrogens is 1. The Hall–Kier alpha value is -0.750. The van der Waals surface area contributed by atoms with Crippen molar-refractivity contribution >= 4 is 0 Å². The first kappa shape index (κ1) is 14.8. The molecule has 4 heteroatoms.